The van der Waals surface area contributed by atoms with E-state index in [0.29, 0.717) is 6.07 Å². The van der Waals surface area contributed by atoms with Crippen LogP contribution in [0.1, 0.15) is 21.5 Å². The predicted molar refractivity (Wildman–Crippen MR) is 66.3 cm³/mol. The summed E-state index contributed by atoms with van der Waals surface area (Å²) in [5.74, 6) is -1.24. The van der Waals surface area contributed by atoms with Gasteiger partial charge in [-0.2, -0.15) is 13.2 Å². The summed E-state index contributed by atoms with van der Waals surface area (Å²) in [5, 5.41) is -0.0904. The van der Waals surface area contributed by atoms with Gasteiger partial charge in [0.25, 0.3) is 0 Å². The molecule has 0 N–H and O–H groups in total. The van der Waals surface area contributed by atoms with Gasteiger partial charge in [-0.25, -0.2) is 4.39 Å². The van der Waals surface area contributed by atoms with Crippen LogP contribution in [0.5, 0.6) is 0 Å². The summed E-state index contributed by atoms with van der Waals surface area (Å²) < 4.78 is 50.6. The molecular weight excluding hydrogens is 296 g/mol. The van der Waals surface area contributed by atoms with Gasteiger partial charge in [0.2, 0.25) is 0 Å². The van der Waals surface area contributed by atoms with Crippen molar-refractivity contribution in [2.45, 2.75) is 6.18 Å². The Hall–Kier alpha value is -1.88. The van der Waals surface area contributed by atoms with Gasteiger partial charge in [-0.05, 0) is 42.5 Å². The van der Waals surface area contributed by atoms with Gasteiger partial charge in [-0.1, -0.05) is 11.6 Å². The van der Waals surface area contributed by atoms with Crippen molar-refractivity contribution in [1.29, 1.82) is 0 Å². The van der Waals surface area contributed by atoms with E-state index in [1.165, 1.54) is 12.1 Å². The number of ketones is 1. The predicted octanol–water partition coefficient (Wildman–Crippen LogP) is 4.73. The number of carbonyl (C=O) groups is 1. The number of carbonyl (C=O) groups excluding carboxylic acids is 1. The van der Waals surface area contributed by atoms with E-state index in [4.69, 9.17) is 11.6 Å². The fourth-order valence-corrected chi connectivity index (χ4v) is 1.84. The fourth-order valence-electron chi connectivity index (χ4n) is 1.63. The van der Waals surface area contributed by atoms with Crippen LogP contribution in [0.2, 0.25) is 5.02 Å². The average Bonchev–Trinajstić information content (AvgIpc) is 2.38. The van der Waals surface area contributed by atoms with Gasteiger partial charge < -0.3 is 0 Å². The Labute approximate surface area is 116 Å². The molecule has 0 amide bonds. The van der Waals surface area contributed by atoms with Gasteiger partial charge in [-0.3, -0.25) is 4.79 Å². The summed E-state index contributed by atoms with van der Waals surface area (Å²) in [7, 11) is 0. The molecule has 0 radical (unpaired) electrons. The molecule has 0 saturated heterocycles. The van der Waals surface area contributed by atoms with Crippen LogP contribution in [-0.2, 0) is 6.18 Å². The normalized spacial score (nSPS) is 11.4. The minimum Gasteiger partial charge on any atom is -0.289 e. The van der Waals surface area contributed by atoms with E-state index in [1.54, 1.807) is 0 Å². The monoisotopic (exact) mass is 302 g/mol. The first-order valence-electron chi connectivity index (χ1n) is 5.46. The van der Waals surface area contributed by atoms with Crippen molar-refractivity contribution in [3.63, 3.8) is 0 Å². The Morgan fingerprint density at radius 1 is 1.00 bits per heavy atom. The quantitative estimate of drug-likeness (QED) is 0.579. The second kappa shape index (κ2) is 5.25. The first-order chi connectivity index (χ1) is 9.29. The maximum atomic E-state index is 12.8. The second-order valence-electron chi connectivity index (χ2n) is 4.03. The molecule has 2 rings (SSSR count). The topological polar surface area (TPSA) is 17.1 Å². The number of halogens is 5. The summed E-state index contributed by atoms with van der Waals surface area (Å²) in [4.78, 5) is 12.1. The van der Waals surface area contributed by atoms with Crippen molar-refractivity contribution in [2.24, 2.45) is 0 Å². The molecule has 6 heteroatoms. The lowest BCUT2D eigenvalue weighted by Gasteiger charge is -2.10. The number of hydrogen-bond donors (Lipinski definition) is 0. The Balaban J connectivity index is 2.46. The Morgan fingerprint density at radius 2 is 1.60 bits per heavy atom. The largest absolute Gasteiger partial charge is 0.416 e. The van der Waals surface area contributed by atoms with Crippen LogP contribution in [0.25, 0.3) is 0 Å². The third-order valence-corrected chi connectivity index (χ3v) is 2.97. The molecule has 1 nitrogen and oxygen atoms in total. The smallest absolute Gasteiger partial charge is 0.289 e. The molecule has 0 aliphatic rings. The summed E-state index contributed by atoms with van der Waals surface area (Å²) in [5.41, 5.74) is -1.17. The molecule has 0 aliphatic carbocycles. The minimum atomic E-state index is -4.57. The molecule has 0 saturated carbocycles. The highest BCUT2D eigenvalue weighted by Gasteiger charge is 2.31. The van der Waals surface area contributed by atoms with Crippen molar-refractivity contribution >= 4 is 17.4 Å². The van der Waals surface area contributed by atoms with E-state index in [0.717, 1.165) is 24.3 Å². The van der Waals surface area contributed by atoms with Crippen LogP contribution in [-0.4, -0.2) is 5.78 Å². The van der Waals surface area contributed by atoms with E-state index in [9.17, 15) is 22.4 Å². The van der Waals surface area contributed by atoms with Crippen molar-refractivity contribution in [2.75, 3.05) is 0 Å². The number of benzene rings is 2. The molecule has 0 bridgehead atoms. The molecule has 0 aromatic heterocycles. The first-order valence-corrected chi connectivity index (χ1v) is 5.84. The Kier molecular flexibility index (Phi) is 3.81. The van der Waals surface area contributed by atoms with Crippen LogP contribution in [0.4, 0.5) is 17.6 Å². The van der Waals surface area contributed by atoms with E-state index >= 15 is 0 Å². The van der Waals surface area contributed by atoms with E-state index in [-0.39, 0.29) is 16.1 Å². The van der Waals surface area contributed by atoms with Crippen LogP contribution >= 0.6 is 11.6 Å². The lowest BCUT2D eigenvalue weighted by molar-refractivity contribution is -0.137. The minimum absolute atomic E-state index is 0.0626. The highest BCUT2D eigenvalue weighted by atomic mass is 35.5. The molecule has 0 fully saturated rings. The zero-order valence-electron chi connectivity index (χ0n) is 9.84. The van der Waals surface area contributed by atoms with E-state index < -0.39 is 23.3 Å². The molecule has 0 unspecified atom stereocenters. The van der Waals surface area contributed by atoms with E-state index in [2.05, 4.69) is 0 Å². The van der Waals surface area contributed by atoms with Gasteiger partial charge >= 0.3 is 6.18 Å². The van der Waals surface area contributed by atoms with Gasteiger partial charge in [0.05, 0.1) is 10.6 Å². The third-order valence-electron chi connectivity index (χ3n) is 2.64. The molecular formula is C14H7ClF4O. The van der Waals surface area contributed by atoms with Gasteiger partial charge in [0, 0.05) is 11.1 Å². The molecule has 0 aliphatic heterocycles. The number of hydrogen-bond acceptors (Lipinski definition) is 1. The number of alkyl halides is 3. The summed E-state index contributed by atoms with van der Waals surface area (Å²) in [6.45, 7) is 0. The van der Waals surface area contributed by atoms with Crippen molar-refractivity contribution in [1.82, 2.24) is 0 Å². The maximum Gasteiger partial charge on any atom is 0.416 e. The maximum absolute atomic E-state index is 12.8. The SMILES string of the molecule is O=C(c1ccc(F)cc1)c1cc(C(F)(F)F)ccc1Cl. The van der Waals surface area contributed by atoms with Crippen molar-refractivity contribution in [3.8, 4) is 0 Å². The Morgan fingerprint density at radius 3 is 2.15 bits per heavy atom. The first kappa shape index (κ1) is 14.5. The zero-order valence-corrected chi connectivity index (χ0v) is 10.6. The average molecular weight is 303 g/mol. The van der Waals surface area contributed by atoms with Crippen molar-refractivity contribution < 1.29 is 22.4 Å². The molecule has 104 valence electrons. The summed E-state index contributed by atoms with van der Waals surface area (Å²) >= 11 is 5.76. The molecule has 2 aromatic carbocycles. The number of rotatable bonds is 2. The van der Waals surface area contributed by atoms with Gasteiger partial charge in [0.1, 0.15) is 5.82 Å². The lowest BCUT2D eigenvalue weighted by Crippen LogP contribution is -2.09. The standard InChI is InChI=1S/C14H7ClF4O/c15-12-6-3-9(14(17,18)19)7-11(12)13(20)8-1-4-10(16)5-2-8/h1-7H. The van der Waals surface area contributed by atoms with Gasteiger partial charge in [0.15, 0.2) is 5.78 Å². The van der Waals surface area contributed by atoms with Crippen LogP contribution in [0.15, 0.2) is 42.5 Å². The van der Waals surface area contributed by atoms with E-state index in [1.807, 2.05) is 0 Å². The third kappa shape index (κ3) is 2.99. The summed E-state index contributed by atoms with van der Waals surface area (Å²) in [6.07, 6.45) is -4.57. The lowest BCUT2D eigenvalue weighted by atomic mass is 10.0. The molecule has 0 heterocycles. The van der Waals surface area contributed by atoms with Crippen LogP contribution in [0, 0.1) is 5.82 Å². The zero-order chi connectivity index (χ0) is 14.9. The second-order valence-corrected chi connectivity index (χ2v) is 4.44. The van der Waals surface area contributed by atoms with Crippen molar-refractivity contribution in [3.05, 3.63) is 70.0 Å². The fraction of sp³-hybridized carbons (Fsp3) is 0.0714. The van der Waals surface area contributed by atoms with Crippen LogP contribution < -0.4 is 0 Å². The molecule has 20 heavy (non-hydrogen) atoms. The van der Waals surface area contributed by atoms with Gasteiger partial charge in [-0.15, -0.1) is 0 Å². The highest BCUT2D eigenvalue weighted by Crippen LogP contribution is 2.32. The molecule has 0 atom stereocenters. The molecule has 0 spiro atoms. The molecule has 2 aromatic rings. The summed E-state index contributed by atoms with van der Waals surface area (Å²) in [6, 6.07) is 6.98. The Bertz CT molecular complexity index is 647. The highest BCUT2D eigenvalue weighted by molar-refractivity contribution is 6.35. The van der Waals surface area contributed by atoms with Crippen LogP contribution in [0.3, 0.4) is 0 Å².